The van der Waals surface area contributed by atoms with Gasteiger partial charge in [0.1, 0.15) is 11.4 Å². The molecule has 0 bridgehead atoms. The summed E-state index contributed by atoms with van der Waals surface area (Å²) in [5.74, 6) is 0.806. The van der Waals surface area contributed by atoms with Crippen LogP contribution in [0.3, 0.4) is 0 Å². The molecule has 7 nitrogen and oxygen atoms in total. The van der Waals surface area contributed by atoms with Crippen molar-refractivity contribution in [3.63, 3.8) is 0 Å². The zero-order chi connectivity index (χ0) is 19.7. The molecule has 0 radical (unpaired) electrons. The van der Waals surface area contributed by atoms with Crippen LogP contribution in [0.2, 0.25) is 0 Å². The normalized spacial score (nSPS) is 15.6. The first-order valence-electron chi connectivity index (χ1n) is 8.63. The van der Waals surface area contributed by atoms with Crippen LogP contribution in [0, 0.1) is 10.1 Å². The molecule has 0 aliphatic heterocycles. The van der Waals surface area contributed by atoms with Gasteiger partial charge in [0.2, 0.25) is 0 Å². The molecule has 0 atom stereocenters. The number of methoxy groups -OCH3 is 1. The van der Waals surface area contributed by atoms with Crippen molar-refractivity contribution in [3.05, 3.63) is 58.1 Å². The number of nitro groups is 1. The van der Waals surface area contributed by atoms with Crippen LogP contribution in [0.4, 0.5) is 11.4 Å². The molecule has 0 saturated heterocycles. The molecule has 27 heavy (non-hydrogen) atoms. The molecule has 144 valence electrons. The van der Waals surface area contributed by atoms with E-state index in [4.69, 9.17) is 4.74 Å². The van der Waals surface area contributed by atoms with E-state index in [1.54, 1.807) is 7.11 Å². The van der Waals surface area contributed by atoms with Crippen molar-refractivity contribution < 1.29 is 18.1 Å². The van der Waals surface area contributed by atoms with Crippen LogP contribution in [-0.4, -0.2) is 33.3 Å². The molecule has 0 spiro atoms. The van der Waals surface area contributed by atoms with E-state index in [0.717, 1.165) is 42.9 Å². The van der Waals surface area contributed by atoms with Crippen LogP contribution in [0.25, 0.3) is 0 Å². The topological polar surface area (TPSA) is 98.5 Å². The third-order valence-corrected chi connectivity index (χ3v) is 6.31. The SMILES string of the molecule is COc1ccccc1C1(CNc2ccc(S(C)(=O)=O)cc2[N+](=O)[O-])CCC1. The van der Waals surface area contributed by atoms with Gasteiger partial charge in [-0.1, -0.05) is 24.6 Å². The van der Waals surface area contributed by atoms with Gasteiger partial charge in [0.05, 0.1) is 16.9 Å². The van der Waals surface area contributed by atoms with Crippen molar-refractivity contribution in [2.45, 2.75) is 29.6 Å². The van der Waals surface area contributed by atoms with Crippen molar-refractivity contribution in [2.75, 3.05) is 25.2 Å². The van der Waals surface area contributed by atoms with E-state index >= 15 is 0 Å². The van der Waals surface area contributed by atoms with Crippen molar-refractivity contribution in [2.24, 2.45) is 0 Å². The molecule has 2 aromatic carbocycles. The number of nitro benzene ring substituents is 1. The molecular formula is C19H22N2O5S. The molecule has 2 aromatic rings. The average molecular weight is 390 g/mol. The van der Waals surface area contributed by atoms with Crippen LogP contribution in [0.5, 0.6) is 5.75 Å². The highest BCUT2D eigenvalue weighted by Gasteiger charge is 2.40. The summed E-state index contributed by atoms with van der Waals surface area (Å²) in [6.45, 7) is 0.506. The van der Waals surface area contributed by atoms with E-state index < -0.39 is 14.8 Å². The maximum Gasteiger partial charge on any atom is 0.293 e. The number of rotatable bonds is 7. The molecule has 0 amide bonds. The Kier molecular flexibility index (Phi) is 5.10. The highest BCUT2D eigenvalue weighted by atomic mass is 32.2. The van der Waals surface area contributed by atoms with Gasteiger partial charge >= 0.3 is 0 Å². The predicted octanol–water partition coefficient (Wildman–Crippen LogP) is 3.54. The Morgan fingerprint density at radius 2 is 1.93 bits per heavy atom. The summed E-state index contributed by atoms with van der Waals surface area (Å²) in [4.78, 5) is 10.8. The molecule has 0 aromatic heterocycles. The van der Waals surface area contributed by atoms with Crippen molar-refractivity contribution >= 4 is 21.2 Å². The number of nitrogens with one attached hydrogen (secondary N) is 1. The Balaban J connectivity index is 1.90. The van der Waals surface area contributed by atoms with Crippen molar-refractivity contribution in [1.82, 2.24) is 0 Å². The fourth-order valence-electron chi connectivity index (χ4n) is 3.53. The number of benzene rings is 2. The second-order valence-corrected chi connectivity index (χ2v) is 8.91. The fraction of sp³-hybridized carbons (Fsp3) is 0.368. The Labute approximate surface area is 158 Å². The number of nitrogens with zero attached hydrogens (tertiary/aromatic N) is 1. The summed E-state index contributed by atoms with van der Waals surface area (Å²) in [7, 11) is -1.88. The van der Waals surface area contributed by atoms with E-state index in [1.807, 2.05) is 24.3 Å². The van der Waals surface area contributed by atoms with Crippen LogP contribution in [0.1, 0.15) is 24.8 Å². The maximum absolute atomic E-state index is 11.7. The first-order chi connectivity index (χ1) is 12.8. The van der Waals surface area contributed by atoms with Crippen LogP contribution in [0.15, 0.2) is 47.4 Å². The lowest BCUT2D eigenvalue weighted by molar-refractivity contribution is -0.384. The zero-order valence-electron chi connectivity index (χ0n) is 15.3. The van der Waals surface area contributed by atoms with Gasteiger partial charge in [-0.05, 0) is 31.0 Å². The van der Waals surface area contributed by atoms with Gasteiger partial charge < -0.3 is 10.1 Å². The molecular weight excluding hydrogens is 368 g/mol. The lowest BCUT2D eigenvalue weighted by Gasteiger charge is -2.43. The summed E-state index contributed by atoms with van der Waals surface area (Å²) < 4.78 is 28.9. The summed E-state index contributed by atoms with van der Waals surface area (Å²) in [5, 5.41) is 14.6. The Morgan fingerprint density at radius 1 is 1.22 bits per heavy atom. The summed E-state index contributed by atoms with van der Waals surface area (Å²) in [6.07, 6.45) is 4.02. The third kappa shape index (κ3) is 3.75. The third-order valence-electron chi connectivity index (χ3n) is 5.20. The molecule has 1 N–H and O–H groups in total. The number of anilines is 1. The number of para-hydroxylation sites is 1. The summed E-state index contributed by atoms with van der Waals surface area (Å²) in [5.41, 5.74) is 0.998. The number of ether oxygens (including phenoxy) is 1. The Morgan fingerprint density at radius 3 is 2.48 bits per heavy atom. The van der Waals surface area contributed by atoms with Gasteiger partial charge in [0, 0.05) is 29.8 Å². The standard InChI is InChI=1S/C19H22N2O5S/c1-26-18-7-4-3-6-15(18)19(10-5-11-19)13-20-16-9-8-14(27(2,24)25)12-17(16)21(22)23/h3-4,6-9,12,20H,5,10-11,13H2,1-2H3. The minimum Gasteiger partial charge on any atom is -0.496 e. The molecule has 8 heteroatoms. The lowest BCUT2D eigenvalue weighted by atomic mass is 9.64. The first-order valence-corrected chi connectivity index (χ1v) is 10.5. The van der Waals surface area contributed by atoms with Gasteiger partial charge in [-0.3, -0.25) is 10.1 Å². The maximum atomic E-state index is 11.7. The highest BCUT2D eigenvalue weighted by Crippen LogP contribution is 2.47. The minimum atomic E-state index is -3.51. The van der Waals surface area contributed by atoms with E-state index in [0.29, 0.717) is 12.2 Å². The van der Waals surface area contributed by atoms with E-state index in [1.165, 1.54) is 12.1 Å². The van der Waals surface area contributed by atoms with Gasteiger partial charge in [-0.2, -0.15) is 0 Å². The quantitative estimate of drug-likeness (QED) is 0.573. The van der Waals surface area contributed by atoms with Crippen molar-refractivity contribution in [3.8, 4) is 5.75 Å². The average Bonchev–Trinajstić information content (AvgIpc) is 2.60. The molecule has 1 saturated carbocycles. The van der Waals surface area contributed by atoms with Crippen molar-refractivity contribution in [1.29, 1.82) is 0 Å². The number of hydrogen-bond donors (Lipinski definition) is 1. The van der Waals surface area contributed by atoms with E-state index in [-0.39, 0.29) is 16.0 Å². The molecule has 1 aliphatic carbocycles. The highest BCUT2D eigenvalue weighted by molar-refractivity contribution is 7.90. The second kappa shape index (κ2) is 7.19. The largest absolute Gasteiger partial charge is 0.496 e. The van der Waals surface area contributed by atoms with E-state index in [2.05, 4.69) is 5.32 Å². The summed E-state index contributed by atoms with van der Waals surface area (Å²) >= 11 is 0. The zero-order valence-corrected chi connectivity index (χ0v) is 16.1. The second-order valence-electron chi connectivity index (χ2n) is 6.90. The Bertz CT molecular complexity index is 968. The van der Waals surface area contributed by atoms with Crippen LogP contribution < -0.4 is 10.1 Å². The molecule has 1 fully saturated rings. The molecule has 3 rings (SSSR count). The van der Waals surface area contributed by atoms with Gasteiger partial charge in [0.25, 0.3) is 5.69 Å². The predicted molar refractivity (Wildman–Crippen MR) is 103 cm³/mol. The lowest BCUT2D eigenvalue weighted by Crippen LogP contribution is -2.41. The van der Waals surface area contributed by atoms with E-state index in [9.17, 15) is 18.5 Å². The first kappa shape index (κ1) is 19.2. The van der Waals surface area contributed by atoms with Gasteiger partial charge in [0.15, 0.2) is 9.84 Å². The number of hydrogen-bond acceptors (Lipinski definition) is 6. The molecule has 0 heterocycles. The molecule has 1 aliphatic rings. The molecule has 0 unspecified atom stereocenters. The Hall–Kier alpha value is -2.61. The summed E-state index contributed by atoms with van der Waals surface area (Å²) in [6, 6.07) is 11.8. The fourth-order valence-corrected chi connectivity index (χ4v) is 4.18. The van der Waals surface area contributed by atoms with Gasteiger partial charge in [-0.25, -0.2) is 8.42 Å². The number of sulfone groups is 1. The van der Waals surface area contributed by atoms with Gasteiger partial charge in [-0.15, -0.1) is 0 Å². The minimum absolute atomic E-state index is 0.0668. The van der Waals surface area contributed by atoms with Crippen LogP contribution in [-0.2, 0) is 15.3 Å². The smallest absolute Gasteiger partial charge is 0.293 e. The monoisotopic (exact) mass is 390 g/mol. The van der Waals surface area contributed by atoms with Crippen LogP contribution >= 0.6 is 0 Å².